The SMILES string of the molecule is Cc1nn(C)c(C)c1CNc1ncccn1. The Morgan fingerprint density at radius 3 is 2.50 bits per heavy atom. The van der Waals surface area contributed by atoms with Gasteiger partial charge in [0.25, 0.3) is 0 Å². The standard InChI is InChI=1S/C11H15N5/c1-8-10(9(2)16(3)15-8)7-14-11-12-5-4-6-13-11/h4-6H,7H2,1-3H3,(H,12,13,14). The summed E-state index contributed by atoms with van der Waals surface area (Å²) >= 11 is 0. The van der Waals surface area contributed by atoms with Crippen LogP contribution in [0.2, 0.25) is 0 Å². The molecule has 0 amide bonds. The van der Waals surface area contributed by atoms with Crippen molar-refractivity contribution < 1.29 is 0 Å². The number of rotatable bonds is 3. The Bertz CT molecular complexity index is 475. The summed E-state index contributed by atoms with van der Waals surface area (Å²) in [6.45, 7) is 4.77. The van der Waals surface area contributed by atoms with Crippen LogP contribution in [-0.2, 0) is 13.6 Å². The summed E-state index contributed by atoms with van der Waals surface area (Å²) in [5.41, 5.74) is 3.42. The molecule has 0 aliphatic heterocycles. The number of aromatic nitrogens is 4. The summed E-state index contributed by atoms with van der Waals surface area (Å²) in [5.74, 6) is 0.644. The molecule has 0 aromatic carbocycles. The minimum Gasteiger partial charge on any atom is -0.350 e. The van der Waals surface area contributed by atoms with Crippen molar-refractivity contribution in [2.45, 2.75) is 20.4 Å². The van der Waals surface area contributed by atoms with Gasteiger partial charge in [-0.3, -0.25) is 4.68 Å². The fourth-order valence-corrected chi connectivity index (χ4v) is 1.63. The maximum atomic E-state index is 4.36. The van der Waals surface area contributed by atoms with Gasteiger partial charge in [-0.05, 0) is 19.9 Å². The molecule has 16 heavy (non-hydrogen) atoms. The van der Waals surface area contributed by atoms with E-state index < -0.39 is 0 Å². The van der Waals surface area contributed by atoms with Crippen LogP contribution in [0.3, 0.4) is 0 Å². The first-order valence-electron chi connectivity index (χ1n) is 5.18. The van der Waals surface area contributed by atoms with E-state index in [0.29, 0.717) is 12.5 Å². The number of nitrogens with zero attached hydrogens (tertiary/aromatic N) is 4. The van der Waals surface area contributed by atoms with Crippen LogP contribution in [-0.4, -0.2) is 19.7 Å². The molecule has 0 unspecified atom stereocenters. The van der Waals surface area contributed by atoms with Gasteiger partial charge in [0.1, 0.15) is 0 Å². The van der Waals surface area contributed by atoms with E-state index in [9.17, 15) is 0 Å². The van der Waals surface area contributed by atoms with Crippen molar-refractivity contribution in [2.24, 2.45) is 7.05 Å². The molecule has 0 saturated carbocycles. The normalized spacial score (nSPS) is 10.4. The molecule has 0 aliphatic rings. The lowest BCUT2D eigenvalue weighted by Gasteiger charge is -2.04. The van der Waals surface area contributed by atoms with Gasteiger partial charge in [0, 0.05) is 37.2 Å². The minimum atomic E-state index is 0.644. The quantitative estimate of drug-likeness (QED) is 0.845. The third kappa shape index (κ3) is 2.03. The summed E-state index contributed by atoms with van der Waals surface area (Å²) < 4.78 is 1.89. The predicted octanol–water partition coefficient (Wildman–Crippen LogP) is 1.44. The summed E-state index contributed by atoms with van der Waals surface area (Å²) in [6.07, 6.45) is 3.44. The van der Waals surface area contributed by atoms with E-state index in [2.05, 4.69) is 27.3 Å². The Labute approximate surface area is 94.5 Å². The molecule has 1 N–H and O–H groups in total. The minimum absolute atomic E-state index is 0.644. The lowest BCUT2D eigenvalue weighted by molar-refractivity contribution is 0.730. The van der Waals surface area contributed by atoms with Crippen LogP contribution in [0, 0.1) is 13.8 Å². The summed E-state index contributed by atoms with van der Waals surface area (Å²) in [7, 11) is 1.95. The smallest absolute Gasteiger partial charge is 0.222 e. The molecular formula is C11H15N5. The molecule has 84 valence electrons. The molecule has 2 heterocycles. The van der Waals surface area contributed by atoms with E-state index >= 15 is 0 Å². The van der Waals surface area contributed by atoms with Crippen molar-refractivity contribution in [3.8, 4) is 0 Å². The highest BCUT2D eigenvalue weighted by Gasteiger charge is 2.08. The Morgan fingerprint density at radius 1 is 1.25 bits per heavy atom. The van der Waals surface area contributed by atoms with Gasteiger partial charge in [-0.15, -0.1) is 0 Å². The monoisotopic (exact) mass is 217 g/mol. The number of aryl methyl sites for hydroxylation is 2. The summed E-state index contributed by atoms with van der Waals surface area (Å²) in [6, 6.07) is 1.80. The van der Waals surface area contributed by atoms with Gasteiger partial charge >= 0.3 is 0 Å². The molecular weight excluding hydrogens is 202 g/mol. The maximum Gasteiger partial charge on any atom is 0.222 e. The van der Waals surface area contributed by atoms with E-state index in [1.807, 2.05) is 18.7 Å². The van der Waals surface area contributed by atoms with Gasteiger partial charge in [-0.25, -0.2) is 9.97 Å². The predicted molar refractivity (Wildman–Crippen MR) is 62.0 cm³/mol. The molecule has 5 nitrogen and oxygen atoms in total. The second-order valence-electron chi connectivity index (χ2n) is 3.70. The van der Waals surface area contributed by atoms with Crippen molar-refractivity contribution in [2.75, 3.05) is 5.32 Å². The van der Waals surface area contributed by atoms with Crippen LogP contribution < -0.4 is 5.32 Å². The van der Waals surface area contributed by atoms with Gasteiger partial charge in [-0.1, -0.05) is 0 Å². The van der Waals surface area contributed by atoms with Gasteiger partial charge in [0.05, 0.1) is 5.69 Å². The van der Waals surface area contributed by atoms with Crippen LogP contribution in [0.4, 0.5) is 5.95 Å². The van der Waals surface area contributed by atoms with Crippen LogP contribution >= 0.6 is 0 Å². The number of nitrogens with one attached hydrogen (secondary N) is 1. The number of hydrogen-bond donors (Lipinski definition) is 1. The van der Waals surface area contributed by atoms with E-state index in [0.717, 1.165) is 5.69 Å². The zero-order valence-electron chi connectivity index (χ0n) is 9.73. The van der Waals surface area contributed by atoms with Gasteiger partial charge in [0.2, 0.25) is 5.95 Å². The van der Waals surface area contributed by atoms with Gasteiger partial charge < -0.3 is 5.32 Å². The molecule has 0 fully saturated rings. The van der Waals surface area contributed by atoms with Crippen LogP contribution in [0.5, 0.6) is 0 Å². The van der Waals surface area contributed by atoms with E-state index in [1.54, 1.807) is 18.5 Å². The van der Waals surface area contributed by atoms with E-state index in [4.69, 9.17) is 0 Å². The molecule has 0 atom stereocenters. The van der Waals surface area contributed by atoms with Crippen LogP contribution in [0.15, 0.2) is 18.5 Å². The molecule has 5 heteroatoms. The fourth-order valence-electron chi connectivity index (χ4n) is 1.63. The average molecular weight is 217 g/mol. The number of anilines is 1. The Morgan fingerprint density at radius 2 is 1.94 bits per heavy atom. The second-order valence-corrected chi connectivity index (χ2v) is 3.70. The number of hydrogen-bond acceptors (Lipinski definition) is 4. The average Bonchev–Trinajstić information content (AvgIpc) is 2.53. The molecule has 2 aromatic heterocycles. The second kappa shape index (κ2) is 4.30. The maximum absolute atomic E-state index is 4.36. The van der Waals surface area contributed by atoms with E-state index in [1.165, 1.54) is 11.3 Å². The first-order chi connectivity index (χ1) is 7.68. The Balaban J connectivity index is 2.11. The van der Waals surface area contributed by atoms with E-state index in [-0.39, 0.29) is 0 Å². The van der Waals surface area contributed by atoms with Crippen molar-refractivity contribution in [1.29, 1.82) is 0 Å². The Hall–Kier alpha value is -1.91. The van der Waals surface area contributed by atoms with Crippen molar-refractivity contribution in [3.05, 3.63) is 35.4 Å². The van der Waals surface area contributed by atoms with Gasteiger partial charge in [-0.2, -0.15) is 5.10 Å². The molecule has 0 radical (unpaired) electrons. The van der Waals surface area contributed by atoms with Gasteiger partial charge in [0.15, 0.2) is 0 Å². The highest BCUT2D eigenvalue weighted by atomic mass is 15.3. The molecule has 2 aromatic rings. The molecule has 0 saturated heterocycles. The largest absolute Gasteiger partial charge is 0.350 e. The van der Waals surface area contributed by atoms with Crippen molar-refractivity contribution in [1.82, 2.24) is 19.7 Å². The third-order valence-corrected chi connectivity index (χ3v) is 2.65. The zero-order valence-corrected chi connectivity index (χ0v) is 9.73. The molecule has 0 spiro atoms. The first-order valence-corrected chi connectivity index (χ1v) is 5.18. The molecule has 0 aliphatic carbocycles. The lowest BCUT2D eigenvalue weighted by atomic mass is 10.2. The third-order valence-electron chi connectivity index (χ3n) is 2.65. The van der Waals surface area contributed by atoms with Crippen molar-refractivity contribution in [3.63, 3.8) is 0 Å². The fraction of sp³-hybridized carbons (Fsp3) is 0.364. The van der Waals surface area contributed by atoms with Crippen LogP contribution in [0.1, 0.15) is 17.0 Å². The Kier molecular flexibility index (Phi) is 2.85. The topological polar surface area (TPSA) is 55.6 Å². The molecule has 0 bridgehead atoms. The lowest BCUT2D eigenvalue weighted by Crippen LogP contribution is -2.04. The summed E-state index contributed by atoms with van der Waals surface area (Å²) in [4.78, 5) is 8.22. The highest BCUT2D eigenvalue weighted by molar-refractivity contribution is 5.30. The highest BCUT2D eigenvalue weighted by Crippen LogP contribution is 2.12. The first kappa shape index (κ1) is 10.6. The summed E-state index contributed by atoms with van der Waals surface area (Å²) in [5, 5.41) is 7.54. The van der Waals surface area contributed by atoms with Crippen LogP contribution in [0.25, 0.3) is 0 Å². The molecule has 2 rings (SSSR count). The van der Waals surface area contributed by atoms with Crippen molar-refractivity contribution >= 4 is 5.95 Å². The zero-order chi connectivity index (χ0) is 11.5.